The fourth-order valence-electron chi connectivity index (χ4n) is 1.41. The molecule has 0 unspecified atom stereocenters. The third-order valence-electron chi connectivity index (χ3n) is 2.38. The van der Waals surface area contributed by atoms with Crippen molar-refractivity contribution in [1.82, 2.24) is 10.3 Å². The molecule has 0 radical (unpaired) electrons. The summed E-state index contributed by atoms with van der Waals surface area (Å²) in [6, 6.07) is 2.65. The molecular weight excluding hydrogens is 232 g/mol. The van der Waals surface area contributed by atoms with E-state index in [4.69, 9.17) is 5.26 Å². The van der Waals surface area contributed by atoms with Crippen LogP contribution < -0.4 is 10.2 Å². The van der Waals surface area contributed by atoms with Crippen molar-refractivity contribution in [2.45, 2.75) is 39.8 Å². The number of hydrogen-bond acceptors (Lipinski definition) is 5. The first-order chi connectivity index (χ1) is 8.17. The largest absolute Gasteiger partial charge is 0.347 e. The van der Waals surface area contributed by atoms with Gasteiger partial charge in [0, 0.05) is 31.1 Å². The lowest BCUT2D eigenvalue weighted by Gasteiger charge is -2.17. The second kappa shape index (κ2) is 7.25. The van der Waals surface area contributed by atoms with Crippen LogP contribution in [0.3, 0.4) is 0 Å². The Bertz CT molecular complexity index is 367. The maximum atomic E-state index is 8.60. The lowest BCUT2D eigenvalue weighted by Crippen LogP contribution is -2.24. The summed E-state index contributed by atoms with van der Waals surface area (Å²) in [5.74, 6) is 0. The fraction of sp³-hybridized carbons (Fsp3) is 0.667. The van der Waals surface area contributed by atoms with Gasteiger partial charge in [-0.25, -0.2) is 4.98 Å². The van der Waals surface area contributed by atoms with Gasteiger partial charge in [0.15, 0.2) is 5.13 Å². The standard InChI is InChI=1S/C12H20N4S/c1-4-16(7-5-6-13)12-15-11(9-17-12)8-14-10(2)3/h9-10,14H,4-5,7-8H2,1-3H3. The third-order valence-corrected chi connectivity index (χ3v) is 3.33. The minimum absolute atomic E-state index is 0.473. The van der Waals surface area contributed by atoms with Gasteiger partial charge in [-0.15, -0.1) is 11.3 Å². The number of aromatic nitrogens is 1. The Morgan fingerprint density at radius 3 is 2.94 bits per heavy atom. The summed E-state index contributed by atoms with van der Waals surface area (Å²) >= 11 is 1.65. The van der Waals surface area contributed by atoms with Crippen LogP contribution in [0.15, 0.2) is 5.38 Å². The topological polar surface area (TPSA) is 52.0 Å². The van der Waals surface area contributed by atoms with Crippen LogP contribution in [0.4, 0.5) is 5.13 Å². The second-order valence-corrected chi connectivity index (χ2v) is 4.98. The molecule has 1 heterocycles. The van der Waals surface area contributed by atoms with E-state index in [0.29, 0.717) is 12.5 Å². The van der Waals surface area contributed by atoms with E-state index in [1.54, 1.807) is 11.3 Å². The highest BCUT2D eigenvalue weighted by Gasteiger charge is 2.09. The molecule has 0 aliphatic carbocycles. The van der Waals surface area contributed by atoms with Gasteiger partial charge < -0.3 is 10.2 Å². The summed E-state index contributed by atoms with van der Waals surface area (Å²) in [7, 11) is 0. The van der Waals surface area contributed by atoms with Crippen LogP contribution >= 0.6 is 11.3 Å². The third kappa shape index (κ3) is 4.72. The Labute approximate surface area is 107 Å². The fourth-order valence-corrected chi connectivity index (χ4v) is 2.32. The van der Waals surface area contributed by atoms with Gasteiger partial charge in [0.05, 0.1) is 18.2 Å². The molecule has 0 atom stereocenters. The van der Waals surface area contributed by atoms with Crippen molar-refractivity contribution in [3.63, 3.8) is 0 Å². The molecule has 0 saturated carbocycles. The van der Waals surface area contributed by atoms with E-state index in [-0.39, 0.29) is 0 Å². The number of nitriles is 1. The van der Waals surface area contributed by atoms with Crippen molar-refractivity contribution in [3.05, 3.63) is 11.1 Å². The van der Waals surface area contributed by atoms with Crippen molar-refractivity contribution in [1.29, 1.82) is 5.26 Å². The van der Waals surface area contributed by atoms with Gasteiger partial charge >= 0.3 is 0 Å². The van der Waals surface area contributed by atoms with Gasteiger partial charge in [-0.2, -0.15) is 5.26 Å². The number of nitrogens with one attached hydrogen (secondary N) is 1. The molecule has 17 heavy (non-hydrogen) atoms. The van der Waals surface area contributed by atoms with Crippen LogP contribution in [0.25, 0.3) is 0 Å². The molecule has 0 aromatic carbocycles. The van der Waals surface area contributed by atoms with E-state index >= 15 is 0 Å². The highest BCUT2D eigenvalue weighted by Crippen LogP contribution is 2.20. The van der Waals surface area contributed by atoms with Crippen molar-refractivity contribution < 1.29 is 0 Å². The maximum absolute atomic E-state index is 8.60. The molecule has 0 aliphatic heterocycles. The molecule has 1 aromatic heterocycles. The molecule has 0 fully saturated rings. The first kappa shape index (κ1) is 13.9. The Balaban J connectivity index is 2.56. The Morgan fingerprint density at radius 2 is 2.35 bits per heavy atom. The minimum Gasteiger partial charge on any atom is -0.347 e. The van der Waals surface area contributed by atoms with Gasteiger partial charge in [-0.3, -0.25) is 0 Å². The molecule has 1 aromatic rings. The highest BCUT2D eigenvalue weighted by atomic mass is 32.1. The monoisotopic (exact) mass is 252 g/mol. The second-order valence-electron chi connectivity index (χ2n) is 4.14. The molecule has 5 heteroatoms. The van der Waals surface area contributed by atoms with Crippen LogP contribution in [-0.4, -0.2) is 24.1 Å². The van der Waals surface area contributed by atoms with E-state index in [0.717, 1.165) is 30.5 Å². The molecular formula is C12H20N4S. The van der Waals surface area contributed by atoms with E-state index in [2.05, 4.69) is 47.4 Å². The van der Waals surface area contributed by atoms with E-state index < -0.39 is 0 Å². The summed E-state index contributed by atoms with van der Waals surface area (Å²) in [4.78, 5) is 6.72. The Kier molecular flexibility index (Phi) is 5.95. The summed E-state index contributed by atoms with van der Waals surface area (Å²) < 4.78 is 0. The smallest absolute Gasteiger partial charge is 0.185 e. The van der Waals surface area contributed by atoms with Crippen LogP contribution in [0.2, 0.25) is 0 Å². The van der Waals surface area contributed by atoms with Crippen LogP contribution in [0.1, 0.15) is 32.9 Å². The zero-order chi connectivity index (χ0) is 12.7. The zero-order valence-corrected chi connectivity index (χ0v) is 11.5. The quantitative estimate of drug-likeness (QED) is 0.809. The zero-order valence-electron chi connectivity index (χ0n) is 10.7. The SMILES string of the molecule is CCN(CCC#N)c1nc(CNC(C)C)cs1. The predicted octanol–water partition coefficient (Wildman–Crippen LogP) is 2.38. The van der Waals surface area contributed by atoms with Crippen molar-refractivity contribution in [2.24, 2.45) is 0 Å². The van der Waals surface area contributed by atoms with E-state index in [9.17, 15) is 0 Å². The molecule has 1 N–H and O–H groups in total. The first-order valence-corrected chi connectivity index (χ1v) is 6.85. The van der Waals surface area contributed by atoms with Crippen LogP contribution in [0, 0.1) is 11.3 Å². The van der Waals surface area contributed by atoms with Crippen molar-refractivity contribution >= 4 is 16.5 Å². The number of nitrogens with zero attached hydrogens (tertiary/aromatic N) is 3. The number of rotatable bonds is 7. The van der Waals surface area contributed by atoms with Crippen LogP contribution in [-0.2, 0) is 6.54 Å². The Hall–Kier alpha value is -1.12. The summed E-state index contributed by atoms with van der Waals surface area (Å²) in [6.45, 7) is 8.80. The predicted molar refractivity (Wildman–Crippen MR) is 72.2 cm³/mol. The molecule has 0 saturated heterocycles. The summed E-state index contributed by atoms with van der Waals surface area (Å²) in [5, 5.41) is 15.1. The van der Waals surface area contributed by atoms with Gasteiger partial charge in [0.25, 0.3) is 0 Å². The molecule has 94 valence electrons. The van der Waals surface area contributed by atoms with Crippen molar-refractivity contribution in [2.75, 3.05) is 18.0 Å². The highest BCUT2D eigenvalue weighted by molar-refractivity contribution is 7.13. The first-order valence-electron chi connectivity index (χ1n) is 5.97. The van der Waals surface area contributed by atoms with Gasteiger partial charge in [-0.1, -0.05) is 13.8 Å². The summed E-state index contributed by atoms with van der Waals surface area (Å²) in [6.07, 6.45) is 0.549. The molecule has 0 bridgehead atoms. The Morgan fingerprint density at radius 1 is 1.59 bits per heavy atom. The minimum atomic E-state index is 0.473. The van der Waals surface area contributed by atoms with Crippen molar-refractivity contribution in [3.8, 4) is 6.07 Å². The molecule has 1 rings (SSSR count). The number of anilines is 1. The molecule has 4 nitrogen and oxygen atoms in total. The lowest BCUT2D eigenvalue weighted by molar-refractivity contribution is 0.582. The maximum Gasteiger partial charge on any atom is 0.185 e. The molecule has 0 spiro atoms. The lowest BCUT2D eigenvalue weighted by atomic mass is 10.4. The van der Waals surface area contributed by atoms with Gasteiger partial charge in [0.1, 0.15) is 0 Å². The molecule has 0 amide bonds. The number of thiazole rings is 1. The average molecular weight is 252 g/mol. The average Bonchev–Trinajstić information content (AvgIpc) is 2.76. The molecule has 0 aliphatic rings. The van der Waals surface area contributed by atoms with E-state index in [1.807, 2.05) is 0 Å². The van der Waals surface area contributed by atoms with E-state index in [1.165, 1.54) is 0 Å². The number of hydrogen-bond donors (Lipinski definition) is 1. The van der Waals surface area contributed by atoms with Gasteiger partial charge in [-0.05, 0) is 6.92 Å². The van der Waals surface area contributed by atoms with Crippen LogP contribution in [0.5, 0.6) is 0 Å². The van der Waals surface area contributed by atoms with Gasteiger partial charge in [0.2, 0.25) is 0 Å². The normalized spacial score (nSPS) is 10.5. The summed E-state index contributed by atoms with van der Waals surface area (Å²) in [5.41, 5.74) is 1.08.